The van der Waals surface area contributed by atoms with Crippen molar-refractivity contribution in [2.45, 2.75) is 85.5 Å². The molecule has 0 aliphatic heterocycles. The van der Waals surface area contributed by atoms with Gasteiger partial charge in [-0.2, -0.15) is 0 Å². The molecule has 0 saturated heterocycles. The fourth-order valence-electron chi connectivity index (χ4n) is 3.77. The number of phenols is 1. The Morgan fingerprint density at radius 1 is 1.07 bits per heavy atom. The van der Waals surface area contributed by atoms with Gasteiger partial charge in [0.05, 0.1) is 5.56 Å². The summed E-state index contributed by atoms with van der Waals surface area (Å²) in [7, 11) is 0. The van der Waals surface area contributed by atoms with Crippen molar-refractivity contribution in [2.75, 3.05) is 0 Å². The topological polar surface area (TPSA) is 63.3 Å². The van der Waals surface area contributed by atoms with Crippen LogP contribution in [0.3, 0.4) is 0 Å². The quantitative estimate of drug-likeness (QED) is 0.436. The molecule has 2 rings (SSSR count). The van der Waals surface area contributed by atoms with Crippen molar-refractivity contribution in [2.24, 2.45) is 5.73 Å². The normalized spacial score (nSPS) is 14.8. The van der Waals surface area contributed by atoms with Gasteiger partial charge in [-0.25, -0.2) is 0 Å². The fraction of sp³-hybridized carbons (Fsp3) is 0.500. The summed E-state index contributed by atoms with van der Waals surface area (Å²) in [6.07, 6.45) is 14.0. The van der Waals surface area contributed by atoms with Crippen LogP contribution in [-0.2, 0) is 6.42 Å². The number of aryl methyl sites for hydroxylation is 1. The first kappa shape index (κ1) is 23.0. The van der Waals surface area contributed by atoms with E-state index >= 15 is 0 Å². The first-order chi connectivity index (χ1) is 13.7. The number of hydrogen-bond donors (Lipinski definition) is 2. The number of allylic oxidation sites excluding steroid dienone is 6. The molecule has 1 saturated carbocycles. The number of hydrogen-bond acceptors (Lipinski definition) is 2. The monoisotopic (exact) mass is 395 g/mol. The molecule has 1 aromatic rings. The fourth-order valence-corrected chi connectivity index (χ4v) is 3.77. The highest BCUT2D eigenvalue weighted by molar-refractivity contribution is 5.97. The third kappa shape index (κ3) is 6.92. The minimum atomic E-state index is -0.557. The maximum absolute atomic E-state index is 11.8. The van der Waals surface area contributed by atoms with Crippen LogP contribution in [0.15, 0.2) is 41.0 Å². The maximum Gasteiger partial charge on any atom is 0.252 e. The van der Waals surface area contributed by atoms with Gasteiger partial charge in [-0.3, -0.25) is 4.79 Å². The molecular formula is C26H37NO2. The number of benzene rings is 1. The number of carbonyl (C=O) groups excluding carboxylic acids is 1. The molecule has 3 heteroatoms. The second-order valence-electron chi connectivity index (χ2n) is 8.79. The van der Waals surface area contributed by atoms with Crippen molar-refractivity contribution in [3.05, 3.63) is 63.3 Å². The number of amides is 1. The standard InChI is InChI=1S/C26H37NO2/c1-17(2)8-6-9-18(3)10-7-11-19(4)12-15-22-23(21-13-14-21)16-20(5)24(25(22)28)26(27)29/h8,10,12,16,21,28H,6-7,9,11,13-15H2,1-5H3,(H2,27,29)/b18-10+,19-12+. The molecule has 0 atom stereocenters. The predicted molar refractivity (Wildman–Crippen MR) is 122 cm³/mol. The van der Waals surface area contributed by atoms with Crippen LogP contribution in [0.25, 0.3) is 0 Å². The van der Waals surface area contributed by atoms with Gasteiger partial charge in [0.1, 0.15) is 5.75 Å². The van der Waals surface area contributed by atoms with Crippen molar-refractivity contribution >= 4 is 5.91 Å². The largest absolute Gasteiger partial charge is 0.507 e. The lowest BCUT2D eigenvalue weighted by Crippen LogP contribution is -2.14. The van der Waals surface area contributed by atoms with Crippen LogP contribution in [0, 0.1) is 6.92 Å². The molecule has 3 nitrogen and oxygen atoms in total. The Morgan fingerprint density at radius 2 is 1.66 bits per heavy atom. The molecule has 29 heavy (non-hydrogen) atoms. The van der Waals surface area contributed by atoms with Crippen molar-refractivity contribution in [1.29, 1.82) is 0 Å². The summed E-state index contributed by atoms with van der Waals surface area (Å²) in [6, 6.07) is 2.05. The Balaban J connectivity index is 2.04. The van der Waals surface area contributed by atoms with Gasteiger partial charge in [0.15, 0.2) is 0 Å². The molecular weight excluding hydrogens is 358 g/mol. The lowest BCUT2D eigenvalue weighted by Gasteiger charge is -2.15. The highest BCUT2D eigenvalue weighted by Gasteiger charge is 2.29. The van der Waals surface area contributed by atoms with Crippen LogP contribution in [0.5, 0.6) is 5.75 Å². The van der Waals surface area contributed by atoms with Gasteiger partial charge in [-0.15, -0.1) is 0 Å². The minimum absolute atomic E-state index is 0.0819. The number of carbonyl (C=O) groups is 1. The van der Waals surface area contributed by atoms with Crippen molar-refractivity contribution in [3.8, 4) is 5.75 Å². The molecule has 0 aromatic heterocycles. The molecule has 1 aliphatic rings. The Bertz CT molecular complexity index is 835. The van der Waals surface area contributed by atoms with E-state index in [1.807, 2.05) is 6.92 Å². The van der Waals surface area contributed by atoms with Crippen LogP contribution < -0.4 is 5.73 Å². The smallest absolute Gasteiger partial charge is 0.252 e. The summed E-state index contributed by atoms with van der Waals surface area (Å²) in [6.45, 7) is 10.5. The molecule has 0 unspecified atom stereocenters. The molecule has 1 aromatic carbocycles. The molecule has 158 valence electrons. The Hall–Kier alpha value is -2.29. The van der Waals surface area contributed by atoms with E-state index in [9.17, 15) is 9.90 Å². The first-order valence-electron chi connectivity index (χ1n) is 10.8. The van der Waals surface area contributed by atoms with E-state index < -0.39 is 5.91 Å². The van der Waals surface area contributed by atoms with Gasteiger partial charge in [-0.1, -0.05) is 41.0 Å². The third-order valence-electron chi connectivity index (χ3n) is 5.68. The highest BCUT2D eigenvalue weighted by atomic mass is 16.3. The number of aromatic hydroxyl groups is 1. The van der Waals surface area contributed by atoms with Crippen molar-refractivity contribution in [1.82, 2.24) is 0 Å². The maximum atomic E-state index is 11.8. The Labute approximate surface area is 176 Å². The molecule has 1 aliphatic carbocycles. The zero-order chi connectivity index (χ0) is 21.6. The molecule has 0 spiro atoms. The van der Waals surface area contributed by atoms with Crippen LogP contribution in [0.4, 0.5) is 0 Å². The van der Waals surface area contributed by atoms with E-state index in [0.29, 0.717) is 12.3 Å². The van der Waals surface area contributed by atoms with Gasteiger partial charge >= 0.3 is 0 Å². The zero-order valence-electron chi connectivity index (χ0n) is 18.8. The number of rotatable bonds is 10. The first-order valence-corrected chi connectivity index (χ1v) is 10.8. The summed E-state index contributed by atoms with van der Waals surface area (Å²) >= 11 is 0. The molecule has 1 amide bonds. The van der Waals surface area contributed by atoms with E-state index in [1.54, 1.807) is 0 Å². The van der Waals surface area contributed by atoms with Gasteiger partial charge in [0, 0.05) is 5.56 Å². The highest BCUT2D eigenvalue weighted by Crippen LogP contribution is 2.45. The van der Waals surface area contributed by atoms with E-state index in [2.05, 4.69) is 52.0 Å². The van der Waals surface area contributed by atoms with Crippen LogP contribution >= 0.6 is 0 Å². The van der Waals surface area contributed by atoms with Crippen molar-refractivity contribution < 1.29 is 9.90 Å². The lowest BCUT2D eigenvalue weighted by atomic mass is 9.92. The average molecular weight is 396 g/mol. The summed E-state index contributed by atoms with van der Waals surface area (Å²) in [4.78, 5) is 11.8. The van der Waals surface area contributed by atoms with Gasteiger partial charge in [-0.05, 0) is 96.6 Å². The van der Waals surface area contributed by atoms with Crippen LogP contribution in [0.1, 0.15) is 99.2 Å². The van der Waals surface area contributed by atoms with Crippen molar-refractivity contribution in [3.63, 3.8) is 0 Å². The second-order valence-corrected chi connectivity index (χ2v) is 8.79. The summed E-state index contributed by atoms with van der Waals surface area (Å²) in [5.41, 5.74) is 12.7. The molecule has 1 fully saturated rings. The lowest BCUT2D eigenvalue weighted by molar-refractivity contribution is 0.0997. The average Bonchev–Trinajstić information content (AvgIpc) is 3.44. The third-order valence-corrected chi connectivity index (χ3v) is 5.68. The number of nitrogens with two attached hydrogens (primary N) is 1. The van der Waals surface area contributed by atoms with Crippen LogP contribution in [-0.4, -0.2) is 11.0 Å². The Morgan fingerprint density at radius 3 is 2.21 bits per heavy atom. The minimum Gasteiger partial charge on any atom is -0.507 e. The van der Waals surface area contributed by atoms with E-state index in [0.717, 1.165) is 49.7 Å². The SMILES string of the molecule is CC(C)=CCC/C(C)=C/CC/C(C)=C/Cc1c(C2CC2)cc(C)c(C(N)=O)c1O. The summed E-state index contributed by atoms with van der Waals surface area (Å²) in [5, 5.41) is 10.7. The van der Waals surface area contributed by atoms with Crippen LogP contribution in [0.2, 0.25) is 0 Å². The van der Waals surface area contributed by atoms with Gasteiger partial charge < -0.3 is 10.8 Å². The van der Waals surface area contributed by atoms with Gasteiger partial charge in [0.25, 0.3) is 5.91 Å². The Kier molecular flexibility index (Phi) is 8.31. The zero-order valence-corrected chi connectivity index (χ0v) is 18.8. The molecule has 0 heterocycles. The second kappa shape index (κ2) is 10.5. The van der Waals surface area contributed by atoms with E-state index in [4.69, 9.17) is 5.73 Å². The number of primary amides is 1. The van der Waals surface area contributed by atoms with E-state index in [-0.39, 0.29) is 11.3 Å². The summed E-state index contributed by atoms with van der Waals surface area (Å²) in [5.74, 6) is 0.0353. The molecule has 0 bridgehead atoms. The van der Waals surface area contributed by atoms with Gasteiger partial charge in [0.2, 0.25) is 0 Å². The molecule has 0 radical (unpaired) electrons. The summed E-state index contributed by atoms with van der Waals surface area (Å²) < 4.78 is 0. The predicted octanol–water partition coefficient (Wildman–Crippen LogP) is 6.64. The van der Waals surface area contributed by atoms with E-state index in [1.165, 1.54) is 22.3 Å². The molecule has 3 N–H and O–H groups in total.